The van der Waals surface area contributed by atoms with Gasteiger partial charge in [0.15, 0.2) is 0 Å². The van der Waals surface area contributed by atoms with Crippen molar-refractivity contribution in [3.63, 3.8) is 0 Å². The Hall–Kier alpha value is -4.36. The number of fused-ring (bicyclic) bond motifs is 2. The number of para-hydroxylation sites is 2. The molecule has 0 unspecified atom stereocenters. The zero-order valence-corrected chi connectivity index (χ0v) is 19.8. The van der Waals surface area contributed by atoms with Crippen LogP contribution >= 0.6 is 0 Å². The molecule has 0 aliphatic rings. The Morgan fingerprint density at radius 3 is 2.40 bits per heavy atom. The van der Waals surface area contributed by atoms with E-state index >= 15 is 0 Å². The SMILES string of the molecule is Cc1ccc(S(=O)(=O)n2cc(/C=C\NC(=O)/C=C/c3c[nH]c4ccccc34)c3ccccc32)cc1. The van der Waals surface area contributed by atoms with Gasteiger partial charge in [0.05, 0.1) is 10.4 Å². The van der Waals surface area contributed by atoms with E-state index in [4.69, 9.17) is 0 Å². The molecule has 7 heteroatoms. The highest BCUT2D eigenvalue weighted by atomic mass is 32.2. The smallest absolute Gasteiger partial charge is 0.268 e. The number of nitrogens with one attached hydrogen (secondary N) is 2. The van der Waals surface area contributed by atoms with Crippen LogP contribution in [0.2, 0.25) is 0 Å². The van der Waals surface area contributed by atoms with Crippen molar-refractivity contribution >= 4 is 49.9 Å². The largest absolute Gasteiger partial charge is 0.361 e. The molecule has 0 bridgehead atoms. The van der Waals surface area contributed by atoms with Crippen LogP contribution in [-0.2, 0) is 14.8 Å². The molecule has 3 aromatic carbocycles. The first-order valence-corrected chi connectivity index (χ1v) is 12.5. The van der Waals surface area contributed by atoms with Crippen LogP contribution in [-0.4, -0.2) is 23.3 Å². The Morgan fingerprint density at radius 2 is 1.60 bits per heavy atom. The molecule has 0 aliphatic heterocycles. The summed E-state index contributed by atoms with van der Waals surface area (Å²) in [4.78, 5) is 15.7. The molecule has 0 aliphatic carbocycles. The van der Waals surface area contributed by atoms with Gasteiger partial charge in [0, 0.05) is 46.5 Å². The standard InChI is InChI=1S/C28H23N3O3S/c1-20-10-13-23(14-11-20)35(33,34)31-19-22(25-7-3-5-9-27(25)31)16-17-29-28(32)15-12-21-18-30-26-8-4-2-6-24(21)26/h2-19,30H,1H3,(H,29,32)/b15-12+,17-16-. The summed E-state index contributed by atoms with van der Waals surface area (Å²) < 4.78 is 27.9. The number of rotatable bonds is 6. The Balaban J connectivity index is 1.38. The van der Waals surface area contributed by atoms with Gasteiger partial charge in [-0.15, -0.1) is 0 Å². The zero-order valence-electron chi connectivity index (χ0n) is 19.0. The van der Waals surface area contributed by atoms with Crippen LogP contribution in [0.15, 0.2) is 102 Å². The van der Waals surface area contributed by atoms with E-state index in [1.54, 1.807) is 54.7 Å². The third kappa shape index (κ3) is 4.41. The highest BCUT2D eigenvalue weighted by molar-refractivity contribution is 7.90. The maximum absolute atomic E-state index is 13.3. The number of amides is 1. The van der Waals surface area contributed by atoms with Crippen LogP contribution in [0.5, 0.6) is 0 Å². The maximum Gasteiger partial charge on any atom is 0.268 e. The van der Waals surface area contributed by atoms with Gasteiger partial charge in [-0.3, -0.25) is 4.79 Å². The van der Waals surface area contributed by atoms with Crippen LogP contribution in [0.1, 0.15) is 16.7 Å². The predicted octanol–water partition coefficient (Wildman–Crippen LogP) is 5.47. The summed E-state index contributed by atoms with van der Waals surface area (Å²) in [6.07, 6.45) is 9.86. The molecule has 0 atom stereocenters. The van der Waals surface area contributed by atoms with Gasteiger partial charge < -0.3 is 10.3 Å². The van der Waals surface area contributed by atoms with E-state index in [1.165, 1.54) is 16.2 Å². The van der Waals surface area contributed by atoms with Crippen molar-refractivity contribution in [2.75, 3.05) is 0 Å². The molecule has 2 aromatic heterocycles. The third-order valence-electron chi connectivity index (χ3n) is 5.81. The van der Waals surface area contributed by atoms with Crippen molar-refractivity contribution in [3.05, 3.63) is 114 Å². The van der Waals surface area contributed by atoms with Crippen molar-refractivity contribution in [1.82, 2.24) is 14.3 Å². The van der Waals surface area contributed by atoms with Gasteiger partial charge in [0.1, 0.15) is 0 Å². The quantitative estimate of drug-likeness (QED) is 0.316. The topological polar surface area (TPSA) is 84.0 Å². The molecule has 174 valence electrons. The highest BCUT2D eigenvalue weighted by Crippen LogP contribution is 2.27. The molecule has 0 spiro atoms. The molecule has 2 heterocycles. The summed E-state index contributed by atoms with van der Waals surface area (Å²) in [6, 6.07) is 21.9. The summed E-state index contributed by atoms with van der Waals surface area (Å²) in [6.45, 7) is 1.91. The van der Waals surface area contributed by atoms with E-state index in [0.29, 0.717) is 11.1 Å². The molecule has 0 saturated heterocycles. The minimum atomic E-state index is -3.77. The lowest BCUT2D eigenvalue weighted by Crippen LogP contribution is -2.13. The monoisotopic (exact) mass is 481 g/mol. The summed E-state index contributed by atoms with van der Waals surface area (Å²) in [7, 11) is -3.77. The molecular weight excluding hydrogens is 458 g/mol. The molecule has 5 aromatic rings. The number of hydrogen-bond acceptors (Lipinski definition) is 3. The average molecular weight is 482 g/mol. The van der Waals surface area contributed by atoms with Gasteiger partial charge in [0.25, 0.3) is 10.0 Å². The number of aromatic nitrogens is 2. The maximum atomic E-state index is 13.3. The van der Waals surface area contributed by atoms with Gasteiger partial charge in [0.2, 0.25) is 5.91 Å². The fourth-order valence-corrected chi connectivity index (χ4v) is 5.37. The van der Waals surface area contributed by atoms with Crippen molar-refractivity contribution in [3.8, 4) is 0 Å². The fraction of sp³-hybridized carbons (Fsp3) is 0.0357. The van der Waals surface area contributed by atoms with Crippen LogP contribution in [0.3, 0.4) is 0 Å². The number of H-pyrrole nitrogens is 1. The second-order valence-electron chi connectivity index (χ2n) is 8.18. The Morgan fingerprint density at radius 1 is 0.886 bits per heavy atom. The minimum absolute atomic E-state index is 0.218. The van der Waals surface area contributed by atoms with Crippen LogP contribution in [0, 0.1) is 6.92 Å². The number of carbonyl (C=O) groups is 1. The third-order valence-corrected chi connectivity index (χ3v) is 7.50. The van der Waals surface area contributed by atoms with Crippen LogP contribution in [0.4, 0.5) is 0 Å². The second-order valence-corrected chi connectivity index (χ2v) is 10.00. The summed E-state index contributed by atoms with van der Waals surface area (Å²) in [5.41, 5.74) is 4.16. The van der Waals surface area contributed by atoms with Gasteiger partial charge in [-0.05, 0) is 48.9 Å². The van der Waals surface area contributed by atoms with E-state index in [1.807, 2.05) is 49.5 Å². The molecule has 35 heavy (non-hydrogen) atoms. The van der Waals surface area contributed by atoms with Gasteiger partial charge in [-0.25, -0.2) is 12.4 Å². The first-order valence-electron chi connectivity index (χ1n) is 11.1. The normalized spacial score (nSPS) is 12.3. The fourth-order valence-electron chi connectivity index (χ4n) is 3.99. The Kier molecular flexibility index (Phi) is 5.84. The van der Waals surface area contributed by atoms with Crippen LogP contribution in [0.25, 0.3) is 34.0 Å². The zero-order chi connectivity index (χ0) is 24.4. The molecule has 6 nitrogen and oxygen atoms in total. The summed E-state index contributed by atoms with van der Waals surface area (Å²) in [5.74, 6) is -0.289. The van der Waals surface area contributed by atoms with E-state index in [-0.39, 0.29) is 10.8 Å². The molecule has 1 amide bonds. The number of aromatic amines is 1. The molecule has 0 saturated carbocycles. The molecule has 5 rings (SSSR count). The molecule has 0 radical (unpaired) electrons. The highest BCUT2D eigenvalue weighted by Gasteiger charge is 2.20. The Bertz CT molecular complexity index is 1710. The van der Waals surface area contributed by atoms with Gasteiger partial charge >= 0.3 is 0 Å². The lowest BCUT2D eigenvalue weighted by molar-refractivity contribution is -0.115. The van der Waals surface area contributed by atoms with E-state index < -0.39 is 10.0 Å². The average Bonchev–Trinajstić information content (AvgIpc) is 3.45. The summed E-state index contributed by atoms with van der Waals surface area (Å²) >= 11 is 0. The summed E-state index contributed by atoms with van der Waals surface area (Å²) in [5, 5.41) is 4.52. The van der Waals surface area contributed by atoms with Crippen molar-refractivity contribution in [2.45, 2.75) is 11.8 Å². The number of nitrogens with zero attached hydrogens (tertiary/aromatic N) is 1. The van der Waals surface area contributed by atoms with Crippen molar-refractivity contribution < 1.29 is 13.2 Å². The van der Waals surface area contributed by atoms with Crippen LogP contribution < -0.4 is 5.32 Å². The lowest BCUT2D eigenvalue weighted by Gasteiger charge is -2.07. The van der Waals surface area contributed by atoms with E-state index in [9.17, 15) is 13.2 Å². The number of carbonyl (C=O) groups excluding carboxylic acids is 1. The van der Waals surface area contributed by atoms with Gasteiger partial charge in [-0.2, -0.15) is 0 Å². The van der Waals surface area contributed by atoms with E-state index in [0.717, 1.165) is 27.4 Å². The Labute approximate surface area is 203 Å². The number of hydrogen-bond donors (Lipinski definition) is 2. The molecule has 0 fully saturated rings. The molecular formula is C28H23N3O3S. The lowest BCUT2D eigenvalue weighted by atomic mass is 10.1. The van der Waals surface area contributed by atoms with E-state index in [2.05, 4.69) is 10.3 Å². The van der Waals surface area contributed by atoms with Crippen molar-refractivity contribution in [1.29, 1.82) is 0 Å². The first kappa shape index (κ1) is 22.4. The van der Waals surface area contributed by atoms with Gasteiger partial charge in [-0.1, -0.05) is 54.1 Å². The first-order chi connectivity index (χ1) is 16.9. The van der Waals surface area contributed by atoms with Crippen molar-refractivity contribution in [2.24, 2.45) is 0 Å². The number of aryl methyl sites for hydroxylation is 1. The predicted molar refractivity (Wildman–Crippen MR) is 140 cm³/mol. The number of benzene rings is 3. The molecule has 2 N–H and O–H groups in total. The minimum Gasteiger partial charge on any atom is -0.361 e. The second kappa shape index (κ2) is 9.12.